The lowest BCUT2D eigenvalue weighted by molar-refractivity contribution is -0.137. The van der Waals surface area contributed by atoms with Gasteiger partial charge in [-0.1, -0.05) is 0 Å². The predicted octanol–water partition coefficient (Wildman–Crippen LogP) is 2.39. The van der Waals surface area contributed by atoms with Gasteiger partial charge in [-0.3, -0.25) is 4.79 Å². The molecule has 1 aromatic carbocycles. The molecule has 0 heterocycles. The second kappa shape index (κ2) is 4.47. The Hall–Kier alpha value is -1.57. The summed E-state index contributed by atoms with van der Waals surface area (Å²) in [6.45, 7) is 0. The van der Waals surface area contributed by atoms with Crippen LogP contribution in [0.4, 0.5) is 13.2 Å². The number of amides is 1. The molecule has 4 nitrogen and oxygen atoms in total. The van der Waals surface area contributed by atoms with Crippen LogP contribution in [0.1, 0.15) is 35.2 Å². The van der Waals surface area contributed by atoms with Gasteiger partial charge < -0.3 is 5.32 Å². The van der Waals surface area contributed by atoms with E-state index in [1.54, 1.807) is 0 Å². The van der Waals surface area contributed by atoms with Crippen LogP contribution in [0.3, 0.4) is 0 Å². The fraction of sp³-hybridized carbons (Fsp3) is 0.500. The molecule has 0 unspecified atom stereocenters. The number of benzene rings is 1. The number of rotatable bonds is 3. The Bertz CT molecular complexity index is 738. The first-order chi connectivity index (χ1) is 10.0. The van der Waals surface area contributed by atoms with Gasteiger partial charge in [0.05, 0.1) is 16.0 Å². The summed E-state index contributed by atoms with van der Waals surface area (Å²) < 4.78 is 61.8. The minimum Gasteiger partial charge on any atom is -0.347 e. The van der Waals surface area contributed by atoms with Crippen molar-refractivity contribution in [2.24, 2.45) is 5.92 Å². The largest absolute Gasteiger partial charge is 0.416 e. The molecule has 0 spiro atoms. The summed E-state index contributed by atoms with van der Waals surface area (Å²) >= 11 is 0. The zero-order valence-corrected chi connectivity index (χ0v) is 12.5. The van der Waals surface area contributed by atoms with Crippen LogP contribution in [0.15, 0.2) is 23.1 Å². The quantitative estimate of drug-likeness (QED) is 0.924. The monoisotopic (exact) mass is 333 g/mol. The van der Waals surface area contributed by atoms with Crippen LogP contribution in [0.25, 0.3) is 0 Å². The highest BCUT2D eigenvalue weighted by atomic mass is 32.2. The van der Waals surface area contributed by atoms with E-state index in [9.17, 15) is 26.4 Å². The van der Waals surface area contributed by atoms with Gasteiger partial charge in [-0.2, -0.15) is 13.2 Å². The molecule has 8 heteroatoms. The second-order valence-corrected chi connectivity index (χ2v) is 8.18. The average Bonchev–Trinajstić information content (AvgIpc) is 2.29. The number of carbonyl (C=O) groups is 1. The SMILES string of the molecule is CS(=O)(=O)c1ccc(C(F)(F)F)cc1C(=O)NC12CC(C1)C2. The highest BCUT2D eigenvalue weighted by molar-refractivity contribution is 7.90. The first-order valence-electron chi connectivity index (χ1n) is 6.74. The van der Waals surface area contributed by atoms with Gasteiger partial charge in [-0.15, -0.1) is 0 Å². The third-order valence-corrected chi connectivity index (χ3v) is 5.52. The van der Waals surface area contributed by atoms with Gasteiger partial charge >= 0.3 is 6.18 Å². The van der Waals surface area contributed by atoms with Crippen molar-refractivity contribution >= 4 is 15.7 Å². The van der Waals surface area contributed by atoms with Crippen molar-refractivity contribution < 1.29 is 26.4 Å². The molecular weight excluding hydrogens is 319 g/mol. The van der Waals surface area contributed by atoms with Crippen LogP contribution in [0, 0.1) is 5.92 Å². The minimum atomic E-state index is -4.64. The molecule has 3 fully saturated rings. The van der Waals surface area contributed by atoms with E-state index in [0.29, 0.717) is 18.1 Å². The van der Waals surface area contributed by atoms with E-state index in [0.717, 1.165) is 31.6 Å². The Morgan fingerprint density at radius 1 is 1.27 bits per heavy atom. The first-order valence-corrected chi connectivity index (χ1v) is 8.63. The summed E-state index contributed by atoms with van der Waals surface area (Å²) in [6, 6.07) is 2.13. The fourth-order valence-electron chi connectivity index (χ4n) is 3.15. The lowest BCUT2D eigenvalue weighted by Crippen LogP contribution is -2.68. The molecule has 22 heavy (non-hydrogen) atoms. The van der Waals surface area contributed by atoms with E-state index in [2.05, 4.69) is 5.32 Å². The normalized spacial score (nSPS) is 26.8. The zero-order valence-electron chi connectivity index (χ0n) is 11.7. The van der Waals surface area contributed by atoms with E-state index < -0.39 is 33.0 Å². The number of alkyl halides is 3. The minimum absolute atomic E-state index is 0.342. The molecule has 1 aromatic rings. The second-order valence-electron chi connectivity index (χ2n) is 6.19. The van der Waals surface area contributed by atoms with Crippen molar-refractivity contribution in [3.63, 3.8) is 0 Å². The highest BCUT2D eigenvalue weighted by Crippen LogP contribution is 2.57. The summed E-state index contributed by atoms with van der Waals surface area (Å²) in [5.74, 6) is -0.180. The number of sulfone groups is 1. The average molecular weight is 333 g/mol. The van der Waals surface area contributed by atoms with Gasteiger partial charge in [0, 0.05) is 11.8 Å². The lowest BCUT2D eigenvalue weighted by atomic mass is 9.50. The van der Waals surface area contributed by atoms with E-state index in [4.69, 9.17) is 0 Å². The van der Waals surface area contributed by atoms with Gasteiger partial charge in [-0.25, -0.2) is 8.42 Å². The highest BCUT2D eigenvalue weighted by Gasteiger charge is 2.57. The van der Waals surface area contributed by atoms with Crippen molar-refractivity contribution in [2.45, 2.75) is 35.9 Å². The molecule has 0 aromatic heterocycles. The van der Waals surface area contributed by atoms with E-state index in [1.807, 2.05) is 0 Å². The third-order valence-electron chi connectivity index (χ3n) is 4.37. The molecule has 4 rings (SSSR count). The Morgan fingerprint density at radius 3 is 2.27 bits per heavy atom. The maximum atomic E-state index is 12.8. The molecule has 2 bridgehead atoms. The standard InChI is InChI=1S/C14H14F3NO3S/c1-22(20,21)11-3-2-9(14(15,16)17)4-10(11)12(19)18-13-5-8(6-13)7-13/h2-4,8H,5-7H2,1H3,(H,18,19). The fourth-order valence-corrected chi connectivity index (χ4v) is 4.01. The lowest BCUT2D eigenvalue weighted by Gasteiger charge is -2.61. The molecule has 1 amide bonds. The molecule has 3 aliphatic rings. The first kappa shape index (κ1) is 15.3. The zero-order chi connectivity index (χ0) is 16.3. The van der Waals surface area contributed by atoms with Crippen molar-refractivity contribution in [3.05, 3.63) is 29.3 Å². The van der Waals surface area contributed by atoms with Crippen molar-refractivity contribution in [1.82, 2.24) is 5.32 Å². The van der Waals surface area contributed by atoms with Crippen molar-refractivity contribution in [1.29, 1.82) is 0 Å². The molecule has 0 atom stereocenters. The third kappa shape index (κ3) is 2.49. The number of nitrogens with one attached hydrogen (secondary N) is 1. The summed E-state index contributed by atoms with van der Waals surface area (Å²) in [4.78, 5) is 11.9. The van der Waals surface area contributed by atoms with Crippen LogP contribution in [-0.2, 0) is 16.0 Å². The van der Waals surface area contributed by atoms with Gasteiger partial charge in [-0.05, 0) is 43.4 Å². The molecule has 0 radical (unpaired) electrons. The maximum Gasteiger partial charge on any atom is 0.416 e. The van der Waals surface area contributed by atoms with Crippen molar-refractivity contribution in [3.8, 4) is 0 Å². The predicted molar refractivity (Wildman–Crippen MR) is 72.1 cm³/mol. The van der Waals surface area contributed by atoms with Crippen LogP contribution in [0.5, 0.6) is 0 Å². The Labute approximate surface area is 125 Å². The van der Waals surface area contributed by atoms with Crippen LogP contribution < -0.4 is 5.32 Å². The van der Waals surface area contributed by atoms with Gasteiger partial charge in [0.25, 0.3) is 5.91 Å². The molecule has 3 saturated carbocycles. The molecule has 0 aliphatic heterocycles. The summed E-state index contributed by atoms with van der Waals surface area (Å²) in [5, 5.41) is 2.70. The number of halogens is 3. The van der Waals surface area contributed by atoms with E-state index >= 15 is 0 Å². The Kier molecular flexibility index (Phi) is 3.11. The van der Waals surface area contributed by atoms with E-state index in [1.165, 1.54) is 0 Å². The smallest absolute Gasteiger partial charge is 0.347 e. The van der Waals surface area contributed by atoms with Crippen LogP contribution >= 0.6 is 0 Å². The van der Waals surface area contributed by atoms with E-state index in [-0.39, 0.29) is 10.4 Å². The topological polar surface area (TPSA) is 63.2 Å². The van der Waals surface area contributed by atoms with Gasteiger partial charge in [0.15, 0.2) is 9.84 Å². The molecule has 120 valence electrons. The Morgan fingerprint density at radius 2 is 1.86 bits per heavy atom. The van der Waals surface area contributed by atoms with Crippen LogP contribution in [-0.4, -0.2) is 26.1 Å². The van der Waals surface area contributed by atoms with Crippen molar-refractivity contribution in [2.75, 3.05) is 6.26 Å². The summed E-state index contributed by atoms with van der Waals surface area (Å²) in [6.07, 6.45) is -1.33. The number of hydrogen-bond donors (Lipinski definition) is 1. The summed E-state index contributed by atoms with van der Waals surface area (Å²) in [7, 11) is -3.80. The maximum absolute atomic E-state index is 12.8. The number of hydrogen-bond acceptors (Lipinski definition) is 3. The summed E-state index contributed by atoms with van der Waals surface area (Å²) in [5.41, 5.74) is -1.82. The number of carbonyl (C=O) groups excluding carboxylic acids is 1. The Balaban J connectivity index is 1.99. The molecule has 1 N–H and O–H groups in total. The van der Waals surface area contributed by atoms with Gasteiger partial charge in [0.2, 0.25) is 0 Å². The molecule has 3 aliphatic carbocycles. The molecule has 0 saturated heterocycles. The molecular formula is C14H14F3NO3S. The van der Waals surface area contributed by atoms with Gasteiger partial charge in [0.1, 0.15) is 0 Å². The van der Waals surface area contributed by atoms with Crippen LogP contribution in [0.2, 0.25) is 0 Å².